The minimum atomic E-state index is -2.96. The van der Waals surface area contributed by atoms with E-state index in [-0.39, 0.29) is 28.1 Å². The van der Waals surface area contributed by atoms with Crippen molar-refractivity contribution >= 4 is 27.6 Å². The van der Waals surface area contributed by atoms with Crippen LogP contribution in [0.1, 0.15) is 17.3 Å². The molecule has 0 bridgehead atoms. The van der Waals surface area contributed by atoms with Gasteiger partial charge in [-0.3, -0.25) is 0 Å². The number of rotatable bonds is 4. The van der Waals surface area contributed by atoms with Crippen molar-refractivity contribution in [2.45, 2.75) is 13.5 Å². The van der Waals surface area contributed by atoms with Gasteiger partial charge in [0.1, 0.15) is 5.75 Å². The van der Waals surface area contributed by atoms with Crippen molar-refractivity contribution in [1.29, 1.82) is 0 Å². The molecule has 0 saturated carbocycles. The third kappa shape index (κ3) is 3.55. The Kier molecular flexibility index (Phi) is 4.68. The van der Waals surface area contributed by atoms with Crippen molar-refractivity contribution in [3.05, 3.63) is 22.2 Å². The summed E-state index contributed by atoms with van der Waals surface area (Å²) in [6.07, 6.45) is 0. The summed E-state index contributed by atoms with van der Waals surface area (Å²) in [5.41, 5.74) is 5.66. The number of halogens is 3. The number of esters is 1. The highest BCUT2D eigenvalue weighted by atomic mass is 79.9. The van der Waals surface area contributed by atoms with Gasteiger partial charge in [-0.15, -0.1) is 0 Å². The number of alkyl halides is 2. The van der Waals surface area contributed by atoms with Crippen molar-refractivity contribution in [2.24, 2.45) is 0 Å². The fraction of sp³-hybridized carbons (Fsp3) is 0.300. The predicted molar refractivity (Wildman–Crippen MR) is 61.1 cm³/mol. The molecule has 0 aliphatic carbocycles. The Morgan fingerprint density at radius 2 is 2.18 bits per heavy atom. The van der Waals surface area contributed by atoms with Crippen LogP contribution in [0.4, 0.5) is 14.5 Å². The molecule has 0 radical (unpaired) electrons. The standard InChI is InChI=1S/C10H10BrF2NO3/c1-2-16-9(15)5-3-6(11)8(4-7(5)14)17-10(12)13/h3-4,10H,2,14H2,1H3. The summed E-state index contributed by atoms with van der Waals surface area (Å²) in [7, 11) is 0. The Balaban J connectivity index is 3.04. The Bertz CT molecular complexity index is 426. The van der Waals surface area contributed by atoms with Gasteiger partial charge in [0.2, 0.25) is 0 Å². The van der Waals surface area contributed by atoms with E-state index in [2.05, 4.69) is 20.7 Å². The minimum Gasteiger partial charge on any atom is -0.462 e. The molecule has 94 valence electrons. The Morgan fingerprint density at radius 1 is 1.53 bits per heavy atom. The maximum absolute atomic E-state index is 12.0. The highest BCUT2D eigenvalue weighted by Gasteiger charge is 2.16. The van der Waals surface area contributed by atoms with Crippen LogP contribution in [0, 0.1) is 0 Å². The summed E-state index contributed by atoms with van der Waals surface area (Å²) in [6.45, 7) is -1.11. The van der Waals surface area contributed by atoms with E-state index < -0.39 is 12.6 Å². The van der Waals surface area contributed by atoms with E-state index in [4.69, 9.17) is 10.5 Å². The first kappa shape index (κ1) is 13.7. The average molecular weight is 310 g/mol. The van der Waals surface area contributed by atoms with Gasteiger partial charge < -0.3 is 15.2 Å². The first-order valence-corrected chi connectivity index (χ1v) is 5.46. The van der Waals surface area contributed by atoms with E-state index in [1.807, 2.05) is 0 Å². The van der Waals surface area contributed by atoms with Crippen LogP contribution in [0.3, 0.4) is 0 Å². The molecular weight excluding hydrogens is 300 g/mol. The first-order valence-electron chi connectivity index (χ1n) is 4.66. The zero-order valence-electron chi connectivity index (χ0n) is 8.88. The highest BCUT2D eigenvalue weighted by molar-refractivity contribution is 9.10. The minimum absolute atomic E-state index is 0.0160. The van der Waals surface area contributed by atoms with Gasteiger partial charge in [0.25, 0.3) is 0 Å². The maximum atomic E-state index is 12.0. The van der Waals surface area contributed by atoms with E-state index >= 15 is 0 Å². The normalized spacial score (nSPS) is 10.4. The van der Waals surface area contributed by atoms with Crippen LogP contribution in [-0.4, -0.2) is 19.2 Å². The topological polar surface area (TPSA) is 61.5 Å². The number of nitrogens with two attached hydrogens (primary N) is 1. The third-order valence-corrected chi connectivity index (χ3v) is 2.44. The molecule has 0 aliphatic rings. The molecule has 0 spiro atoms. The van der Waals surface area contributed by atoms with Gasteiger partial charge in [-0.1, -0.05) is 0 Å². The van der Waals surface area contributed by atoms with Gasteiger partial charge in [0.15, 0.2) is 0 Å². The maximum Gasteiger partial charge on any atom is 0.387 e. The fourth-order valence-electron chi connectivity index (χ4n) is 1.14. The smallest absolute Gasteiger partial charge is 0.387 e. The SMILES string of the molecule is CCOC(=O)c1cc(Br)c(OC(F)F)cc1N. The molecule has 0 aliphatic heterocycles. The number of carbonyl (C=O) groups is 1. The van der Waals surface area contributed by atoms with Gasteiger partial charge in [-0.2, -0.15) is 8.78 Å². The van der Waals surface area contributed by atoms with Gasteiger partial charge in [0, 0.05) is 11.8 Å². The molecule has 1 aromatic rings. The second-order valence-electron chi connectivity index (χ2n) is 2.97. The van der Waals surface area contributed by atoms with Crippen molar-refractivity contribution in [2.75, 3.05) is 12.3 Å². The van der Waals surface area contributed by atoms with E-state index in [1.165, 1.54) is 6.07 Å². The van der Waals surface area contributed by atoms with E-state index in [9.17, 15) is 13.6 Å². The van der Waals surface area contributed by atoms with Crippen LogP contribution < -0.4 is 10.5 Å². The Morgan fingerprint density at radius 3 is 2.71 bits per heavy atom. The second kappa shape index (κ2) is 5.81. The zero-order chi connectivity index (χ0) is 13.0. The number of hydrogen-bond donors (Lipinski definition) is 1. The number of benzene rings is 1. The van der Waals surface area contributed by atoms with Gasteiger partial charge in [-0.05, 0) is 28.9 Å². The Hall–Kier alpha value is -1.37. The van der Waals surface area contributed by atoms with Crippen molar-refractivity contribution < 1.29 is 23.0 Å². The molecule has 0 atom stereocenters. The molecule has 0 aromatic heterocycles. The fourth-order valence-corrected chi connectivity index (χ4v) is 1.58. The van der Waals surface area contributed by atoms with Crippen LogP contribution in [0.5, 0.6) is 5.75 Å². The van der Waals surface area contributed by atoms with Gasteiger partial charge >= 0.3 is 12.6 Å². The molecule has 0 unspecified atom stereocenters. The quantitative estimate of drug-likeness (QED) is 0.686. The van der Waals surface area contributed by atoms with Gasteiger partial charge in [0.05, 0.1) is 16.6 Å². The number of ether oxygens (including phenoxy) is 2. The summed E-state index contributed by atoms with van der Waals surface area (Å²) in [4.78, 5) is 11.4. The van der Waals surface area contributed by atoms with Crippen molar-refractivity contribution in [3.8, 4) is 5.75 Å². The molecular formula is C10H10BrF2NO3. The number of carbonyl (C=O) groups excluding carboxylic acids is 1. The molecule has 0 amide bonds. The molecule has 0 fully saturated rings. The lowest BCUT2D eigenvalue weighted by Gasteiger charge is -2.10. The van der Waals surface area contributed by atoms with E-state index in [1.54, 1.807) is 6.92 Å². The predicted octanol–water partition coefficient (Wildman–Crippen LogP) is 2.81. The Labute approximate surface area is 105 Å². The second-order valence-corrected chi connectivity index (χ2v) is 3.82. The first-order chi connectivity index (χ1) is 7.95. The number of hydrogen-bond acceptors (Lipinski definition) is 4. The molecule has 0 heterocycles. The average Bonchev–Trinajstić information content (AvgIpc) is 2.22. The largest absolute Gasteiger partial charge is 0.462 e. The molecule has 1 aromatic carbocycles. The zero-order valence-corrected chi connectivity index (χ0v) is 10.5. The summed E-state index contributed by atoms with van der Waals surface area (Å²) >= 11 is 3.01. The van der Waals surface area contributed by atoms with Crippen molar-refractivity contribution in [1.82, 2.24) is 0 Å². The molecule has 1 rings (SSSR count). The van der Waals surface area contributed by atoms with Crippen LogP contribution in [0.25, 0.3) is 0 Å². The number of anilines is 1. The molecule has 7 heteroatoms. The summed E-state index contributed by atoms with van der Waals surface area (Å²) in [5.74, 6) is -0.750. The van der Waals surface area contributed by atoms with E-state index in [0.29, 0.717) is 0 Å². The highest BCUT2D eigenvalue weighted by Crippen LogP contribution is 2.31. The molecule has 0 saturated heterocycles. The summed E-state index contributed by atoms with van der Waals surface area (Å²) in [5, 5.41) is 0. The van der Waals surface area contributed by atoms with Gasteiger partial charge in [-0.25, -0.2) is 4.79 Å². The lowest BCUT2D eigenvalue weighted by atomic mass is 10.2. The number of nitrogen functional groups attached to an aromatic ring is 1. The van der Waals surface area contributed by atoms with E-state index in [0.717, 1.165) is 6.07 Å². The van der Waals surface area contributed by atoms with Crippen LogP contribution in [0.15, 0.2) is 16.6 Å². The summed E-state index contributed by atoms with van der Waals surface area (Å²) in [6, 6.07) is 2.42. The van der Waals surface area contributed by atoms with Crippen LogP contribution in [-0.2, 0) is 4.74 Å². The summed E-state index contributed by atoms with van der Waals surface area (Å²) < 4.78 is 33.2. The van der Waals surface area contributed by atoms with Crippen LogP contribution in [0.2, 0.25) is 0 Å². The lowest BCUT2D eigenvalue weighted by molar-refractivity contribution is -0.0503. The molecule has 17 heavy (non-hydrogen) atoms. The van der Waals surface area contributed by atoms with Crippen molar-refractivity contribution in [3.63, 3.8) is 0 Å². The molecule has 2 N–H and O–H groups in total. The third-order valence-electron chi connectivity index (χ3n) is 1.82. The molecule has 4 nitrogen and oxygen atoms in total. The lowest BCUT2D eigenvalue weighted by Crippen LogP contribution is -2.09. The monoisotopic (exact) mass is 309 g/mol. The van der Waals surface area contributed by atoms with Crippen LogP contribution >= 0.6 is 15.9 Å².